The number of nitrogens with zero attached hydrogens (tertiary/aromatic N) is 2. The zero-order valence-electron chi connectivity index (χ0n) is 15.5. The molecule has 1 aromatic heterocycles. The lowest BCUT2D eigenvalue weighted by atomic mass is 10.2. The van der Waals surface area contributed by atoms with E-state index in [1.54, 1.807) is 26.4 Å². The molecule has 0 aliphatic rings. The average Bonchev–Trinajstić information content (AvgIpc) is 3.09. The van der Waals surface area contributed by atoms with Crippen molar-refractivity contribution in [1.29, 1.82) is 0 Å². The quantitative estimate of drug-likeness (QED) is 0.342. The van der Waals surface area contributed by atoms with Gasteiger partial charge in [-0.1, -0.05) is 0 Å². The van der Waals surface area contributed by atoms with E-state index in [1.807, 2.05) is 36.5 Å². The van der Waals surface area contributed by atoms with Gasteiger partial charge in [-0.15, -0.1) is 0 Å². The van der Waals surface area contributed by atoms with Crippen molar-refractivity contribution >= 4 is 22.3 Å². The van der Waals surface area contributed by atoms with Gasteiger partial charge in [-0.2, -0.15) is 0 Å². The zero-order chi connectivity index (χ0) is 19.2. The summed E-state index contributed by atoms with van der Waals surface area (Å²) in [5.41, 5.74) is 2.14. The van der Waals surface area contributed by atoms with E-state index in [9.17, 15) is 10.1 Å². The fourth-order valence-corrected chi connectivity index (χ4v) is 3.08. The summed E-state index contributed by atoms with van der Waals surface area (Å²) < 4.78 is 12.7. The predicted octanol–water partition coefficient (Wildman–Crippen LogP) is 4.46. The van der Waals surface area contributed by atoms with Crippen molar-refractivity contribution in [2.75, 3.05) is 26.1 Å². The topological polar surface area (TPSA) is 78.6 Å². The monoisotopic (exact) mass is 369 g/mol. The van der Waals surface area contributed by atoms with E-state index in [4.69, 9.17) is 9.47 Å². The van der Waals surface area contributed by atoms with Gasteiger partial charge in [0.2, 0.25) is 0 Å². The highest BCUT2D eigenvalue weighted by molar-refractivity contribution is 5.82. The van der Waals surface area contributed by atoms with E-state index < -0.39 is 0 Å². The van der Waals surface area contributed by atoms with E-state index in [0.717, 1.165) is 42.5 Å². The molecular weight excluding hydrogens is 346 g/mol. The van der Waals surface area contributed by atoms with Crippen molar-refractivity contribution in [1.82, 2.24) is 4.57 Å². The molecule has 1 heterocycles. The lowest BCUT2D eigenvalue weighted by Crippen LogP contribution is -2.04. The van der Waals surface area contributed by atoms with Crippen molar-refractivity contribution in [2.24, 2.45) is 0 Å². The lowest BCUT2D eigenvalue weighted by molar-refractivity contribution is -0.384. The number of ether oxygens (including phenoxy) is 2. The Bertz CT molecular complexity index is 936. The normalized spacial score (nSPS) is 10.7. The molecule has 0 radical (unpaired) electrons. The molecular formula is C20H23N3O4. The number of hydrogen-bond donors (Lipinski definition) is 1. The highest BCUT2D eigenvalue weighted by Crippen LogP contribution is 2.29. The summed E-state index contributed by atoms with van der Waals surface area (Å²) in [6, 6.07) is 12.7. The third-order valence-corrected chi connectivity index (χ3v) is 4.50. The fraction of sp³-hybridized carbons (Fsp3) is 0.300. The molecule has 7 heteroatoms. The van der Waals surface area contributed by atoms with Gasteiger partial charge in [-0.05, 0) is 37.1 Å². The molecule has 0 saturated heterocycles. The number of benzene rings is 2. The second kappa shape index (κ2) is 8.44. The van der Waals surface area contributed by atoms with E-state index in [1.165, 1.54) is 0 Å². The number of rotatable bonds is 9. The van der Waals surface area contributed by atoms with Crippen LogP contribution in [0.25, 0.3) is 10.9 Å². The zero-order valence-corrected chi connectivity index (χ0v) is 15.5. The van der Waals surface area contributed by atoms with E-state index in [-0.39, 0.29) is 10.6 Å². The maximum absolute atomic E-state index is 10.9. The van der Waals surface area contributed by atoms with Gasteiger partial charge in [0.05, 0.1) is 19.1 Å². The number of fused-ring (bicyclic) bond motifs is 1. The minimum absolute atomic E-state index is 0.124. The summed E-state index contributed by atoms with van der Waals surface area (Å²) in [7, 11) is 3.24. The first-order valence-electron chi connectivity index (χ1n) is 8.81. The van der Waals surface area contributed by atoms with Gasteiger partial charge in [0, 0.05) is 54.1 Å². The number of nitrogens with one attached hydrogen (secondary N) is 1. The van der Waals surface area contributed by atoms with Crippen LogP contribution >= 0.6 is 0 Å². The molecule has 3 aromatic rings. The van der Waals surface area contributed by atoms with E-state index in [0.29, 0.717) is 11.5 Å². The van der Waals surface area contributed by atoms with Gasteiger partial charge in [0.1, 0.15) is 0 Å². The number of nitro groups is 1. The Morgan fingerprint density at radius 3 is 2.59 bits per heavy atom. The molecule has 1 N–H and O–H groups in total. The first-order valence-corrected chi connectivity index (χ1v) is 8.81. The third-order valence-electron chi connectivity index (χ3n) is 4.50. The summed E-state index contributed by atoms with van der Waals surface area (Å²) in [6.07, 6.45) is 3.98. The van der Waals surface area contributed by atoms with Crippen molar-refractivity contribution in [3.05, 3.63) is 58.8 Å². The first-order chi connectivity index (χ1) is 13.1. The number of hydrogen-bond acceptors (Lipinski definition) is 5. The van der Waals surface area contributed by atoms with Crippen molar-refractivity contribution in [3.63, 3.8) is 0 Å². The van der Waals surface area contributed by atoms with Crippen LogP contribution in [-0.2, 0) is 6.54 Å². The Morgan fingerprint density at radius 2 is 1.85 bits per heavy atom. The van der Waals surface area contributed by atoms with Crippen LogP contribution in [0.1, 0.15) is 12.8 Å². The van der Waals surface area contributed by atoms with Crippen LogP contribution in [0.4, 0.5) is 11.4 Å². The minimum Gasteiger partial charge on any atom is -0.493 e. The molecule has 0 bridgehead atoms. The maximum atomic E-state index is 10.9. The maximum Gasteiger partial charge on any atom is 0.270 e. The summed E-state index contributed by atoms with van der Waals surface area (Å²) in [5.74, 6) is 1.41. The van der Waals surface area contributed by atoms with Crippen molar-refractivity contribution in [2.45, 2.75) is 19.4 Å². The summed E-state index contributed by atoms with van der Waals surface area (Å²) >= 11 is 0. The smallest absolute Gasteiger partial charge is 0.270 e. The Morgan fingerprint density at radius 1 is 1.04 bits per heavy atom. The van der Waals surface area contributed by atoms with Crippen molar-refractivity contribution in [3.8, 4) is 11.5 Å². The van der Waals surface area contributed by atoms with Gasteiger partial charge in [0.25, 0.3) is 5.69 Å². The summed E-state index contributed by atoms with van der Waals surface area (Å²) in [4.78, 5) is 10.5. The Hall–Kier alpha value is -3.22. The van der Waals surface area contributed by atoms with Crippen LogP contribution in [0.2, 0.25) is 0 Å². The van der Waals surface area contributed by atoms with Crippen LogP contribution in [0.15, 0.2) is 48.7 Å². The molecule has 0 fully saturated rings. The molecule has 0 saturated carbocycles. The predicted molar refractivity (Wildman–Crippen MR) is 106 cm³/mol. The molecule has 27 heavy (non-hydrogen) atoms. The SMILES string of the molecule is COc1ccc(NCCCCn2ccc3cc([N+](=O)[O-])ccc32)cc1OC. The molecule has 2 aromatic carbocycles. The van der Waals surface area contributed by atoms with Crippen molar-refractivity contribution < 1.29 is 14.4 Å². The van der Waals surface area contributed by atoms with Crippen LogP contribution < -0.4 is 14.8 Å². The number of methoxy groups -OCH3 is 2. The molecule has 0 unspecified atom stereocenters. The fourth-order valence-electron chi connectivity index (χ4n) is 3.08. The van der Waals surface area contributed by atoms with Crippen LogP contribution in [-0.4, -0.2) is 30.3 Å². The van der Waals surface area contributed by atoms with E-state index >= 15 is 0 Å². The second-order valence-corrected chi connectivity index (χ2v) is 6.21. The Balaban J connectivity index is 1.51. The van der Waals surface area contributed by atoms with Crippen LogP contribution in [0.5, 0.6) is 11.5 Å². The highest BCUT2D eigenvalue weighted by Gasteiger charge is 2.08. The molecule has 7 nitrogen and oxygen atoms in total. The molecule has 0 amide bonds. The number of aromatic nitrogens is 1. The average molecular weight is 369 g/mol. The standard InChI is InChI=1S/C20H23N3O4/c1-26-19-8-5-16(14-20(19)27-2)21-10-3-4-11-22-12-9-15-13-17(23(24)25)6-7-18(15)22/h5-9,12-14,21H,3-4,10-11H2,1-2H3. The number of unbranched alkanes of at least 4 members (excludes halogenated alkanes) is 1. The van der Waals surface area contributed by atoms with Gasteiger partial charge in [-0.3, -0.25) is 10.1 Å². The summed E-state index contributed by atoms with van der Waals surface area (Å²) in [5, 5.41) is 15.1. The Kier molecular flexibility index (Phi) is 5.80. The molecule has 0 spiro atoms. The first kappa shape index (κ1) is 18.6. The Labute approximate surface area is 157 Å². The largest absolute Gasteiger partial charge is 0.493 e. The second-order valence-electron chi connectivity index (χ2n) is 6.21. The molecule has 0 aliphatic carbocycles. The molecule has 142 valence electrons. The number of nitro benzene ring substituents is 1. The highest BCUT2D eigenvalue weighted by atomic mass is 16.6. The minimum atomic E-state index is -0.364. The van der Waals surface area contributed by atoms with Crippen LogP contribution in [0, 0.1) is 10.1 Å². The van der Waals surface area contributed by atoms with Gasteiger partial charge in [-0.25, -0.2) is 0 Å². The van der Waals surface area contributed by atoms with Gasteiger partial charge in [0.15, 0.2) is 11.5 Å². The van der Waals surface area contributed by atoms with Crippen LogP contribution in [0.3, 0.4) is 0 Å². The molecule has 0 atom stereocenters. The third kappa shape index (κ3) is 4.31. The molecule has 0 aliphatic heterocycles. The summed E-state index contributed by atoms with van der Waals surface area (Å²) in [6.45, 7) is 1.72. The lowest BCUT2D eigenvalue weighted by Gasteiger charge is -2.11. The molecule has 3 rings (SSSR count). The van der Waals surface area contributed by atoms with Gasteiger partial charge < -0.3 is 19.4 Å². The number of anilines is 1. The number of aryl methyl sites for hydroxylation is 1. The number of non-ortho nitro benzene ring substituents is 1. The van der Waals surface area contributed by atoms with E-state index in [2.05, 4.69) is 9.88 Å². The van der Waals surface area contributed by atoms with Gasteiger partial charge >= 0.3 is 0 Å².